The van der Waals surface area contributed by atoms with Crippen LogP contribution in [0.1, 0.15) is 11.1 Å². The van der Waals surface area contributed by atoms with E-state index in [0.717, 1.165) is 13.0 Å². The molecule has 0 aliphatic carbocycles. The summed E-state index contributed by atoms with van der Waals surface area (Å²) in [4.78, 5) is 1.31. The third-order valence-corrected chi connectivity index (χ3v) is 3.41. The van der Waals surface area contributed by atoms with Gasteiger partial charge in [0, 0.05) is 17.5 Å². The third-order valence-electron chi connectivity index (χ3n) is 2.68. The zero-order chi connectivity index (χ0) is 9.97. The number of hydrogen-bond acceptors (Lipinski definition) is 3. The molecule has 1 aliphatic heterocycles. The number of thioether (sulfide) groups is 1. The molecule has 0 saturated carbocycles. The van der Waals surface area contributed by atoms with Crippen LogP contribution >= 0.6 is 11.8 Å². The van der Waals surface area contributed by atoms with Crippen molar-refractivity contribution in [2.45, 2.75) is 23.9 Å². The van der Waals surface area contributed by atoms with Crippen LogP contribution in [0.25, 0.3) is 0 Å². The molecule has 2 N–H and O–H groups in total. The molecular weight excluding hydrogens is 194 g/mol. The molecule has 1 atom stereocenters. The molecule has 2 rings (SSSR count). The highest BCUT2D eigenvalue weighted by Crippen LogP contribution is 2.23. The van der Waals surface area contributed by atoms with Gasteiger partial charge in [0.05, 0.1) is 6.61 Å². The van der Waals surface area contributed by atoms with Gasteiger partial charge in [-0.25, -0.2) is 0 Å². The van der Waals surface area contributed by atoms with E-state index in [2.05, 4.69) is 29.8 Å². The second-order valence-corrected chi connectivity index (χ2v) is 4.48. The fourth-order valence-corrected chi connectivity index (χ4v) is 2.28. The lowest BCUT2D eigenvalue weighted by molar-refractivity contribution is 0.236. The summed E-state index contributed by atoms with van der Waals surface area (Å²) < 4.78 is 0. The smallest absolute Gasteiger partial charge is 0.0587 e. The predicted molar refractivity (Wildman–Crippen MR) is 59.6 cm³/mol. The van der Waals surface area contributed by atoms with Crippen molar-refractivity contribution in [2.24, 2.45) is 0 Å². The summed E-state index contributed by atoms with van der Waals surface area (Å²) in [6, 6.07) is 6.81. The van der Waals surface area contributed by atoms with E-state index in [1.165, 1.54) is 16.0 Å². The van der Waals surface area contributed by atoms with Gasteiger partial charge in [-0.15, -0.1) is 11.8 Å². The minimum atomic E-state index is 0.225. The van der Waals surface area contributed by atoms with Gasteiger partial charge in [-0.2, -0.15) is 0 Å². The van der Waals surface area contributed by atoms with Crippen LogP contribution < -0.4 is 5.32 Å². The first-order chi connectivity index (χ1) is 6.83. The van der Waals surface area contributed by atoms with Crippen molar-refractivity contribution in [1.82, 2.24) is 5.32 Å². The lowest BCUT2D eigenvalue weighted by atomic mass is 9.96. The van der Waals surface area contributed by atoms with Crippen molar-refractivity contribution in [3.63, 3.8) is 0 Å². The second-order valence-electron chi connectivity index (χ2n) is 3.60. The van der Waals surface area contributed by atoms with Crippen LogP contribution in [-0.4, -0.2) is 24.0 Å². The van der Waals surface area contributed by atoms with Gasteiger partial charge >= 0.3 is 0 Å². The summed E-state index contributed by atoms with van der Waals surface area (Å²) in [7, 11) is 0. The largest absolute Gasteiger partial charge is 0.395 e. The van der Waals surface area contributed by atoms with Crippen LogP contribution in [0.15, 0.2) is 23.1 Å². The fraction of sp³-hybridized carbons (Fsp3) is 0.455. The average molecular weight is 209 g/mol. The van der Waals surface area contributed by atoms with E-state index in [9.17, 15) is 0 Å². The SMILES string of the molecule is CSc1ccc2c(c1)CC(CO)NC2. The topological polar surface area (TPSA) is 32.3 Å². The molecule has 1 unspecified atom stereocenters. The van der Waals surface area contributed by atoms with Gasteiger partial charge in [0.25, 0.3) is 0 Å². The maximum atomic E-state index is 9.08. The van der Waals surface area contributed by atoms with E-state index >= 15 is 0 Å². The summed E-state index contributed by atoms with van der Waals surface area (Å²) in [5.74, 6) is 0. The van der Waals surface area contributed by atoms with Crippen LogP contribution in [0.5, 0.6) is 0 Å². The van der Waals surface area contributed by atoms with Gasteiger partial charge in [0.2, 0.25) is 0 Å². The molecule has 1 aromatic rings. The number of hydrogen-bond donors (Lipinski definition) is 2. The van der Waals surface area contributed by atoms with Crippen LogP contribution in [0.4, 0.5) is 0 Å². The lowest BCUT2D eigenvalue weighted by Crippen LogP contribution is -2.38. The number of aliphatic hydroxyl groups is 1. The zero-order valence-corrected chi connectivity index (χ0v) is 9.10. The van der Waals surface area contributed by atoms with Crippen molar-refractivity contribution in [3.05, 3.63) is 29.3 Å². The van der Waals surface area contributed by atoms with E-state index in [1.807, 2.05) is 0 Å². The van der Waals surface area contributed by atoms with Gasteiger partial charge in [0.1, 0.15) is 0 Å². The summed E-state index contributed by atoms with van der Waals surface area (Å²) in [5, 5.41) is 12.4. The van der Waals surface area contributed by atoms with Crippen molar-refractivity contribution in [2.75, 3.05) is 12.9 Å². The quantitative estimate of drug-likeness (QED) is 0.722. The molecule has 0 spiro atoms. The number of fused-ring (bicyclic) bond motifs is 1. The molecule has 0 saturated heterocycles. The molecule has 1 aromatic carbocycles. The van der Waals surface area contributed by atoms with Gasteiger partial charge in [-0.1, -0.05) is 6.07 Å². The highest BCUT2D eigenvalue weighted by molar-refractivity contribution is 7.98. The average Bonchev–Trinajstić information content (AvgIpc) is 2.27. The standard InChI is InChI=1S/C11H15NOS/c1-14-11-3-2-8-6-12-10(7-13)4-9(8)5-11/h2-3,5,10,12-13H,4,6-7H2,1H3. The highest BCUT2D eigenvalue weighted by Gasteiger charge is 2.16. The predicted octanol–water partition coefficient (Wildman–Crippen LogP) is 1.42. The van der Waals surface area contributed by atoms with E-state index < -0.39 is 0 Å². The molecule has 2 nitrogen and oxygen atoms in total. The summed E-state index contributed by atoms with van der Waals surface area (Å²) in [6.45, 7) is 1.11. The van der Waals surface area contributed by atoms with Crippen molar-refractivity contribution in [3.8, 4) is 0 Å². The van der Waals surface area contributed by atoms with Crippen LogP contribution in [0, 0.1) is 0 Å². The van der Waals surface area contributed by atoms with Crippen LogP contribution in [0.2, 0.25) is 0 Å². The van der Waals surface area contributed by atoms with Gasteiger partial charge in [-0.05, 0) is 35.9 Å². The summed E-state index contributed by atoms with van der Waals surface area (Å²) in [5.41, 5.74) is 2.75. The highest BCUT2D eigenvalue weighted by atomic mass is 32.2. The second kappa shape index (κ2) is 4.34. The number of aliphatic hydroxyl groups excluding tert-OH is 1. The first kappa shape index (κ1) is 10.0. The van der Waals surface area contributed by atoms with E-state index in [4.69, 9.17) is 5.11 Å². The molecular formula is C11H15NOS. The monoisotopic (exact) mass is 209 g/mol. The lowest BCUT2D eigenvalue weighted by Gasteiger charge is -2.24. The molecule has 3 heteroatoms. The Labute approximate surface area is 88.7 Å². The Morgan fingerprint density at radius 1 is 1.50 bits per heavy atom. The number of nitrogens with one attached hydrogen (secondary N) is 1. The van der Waals surface area contributed by atoms with Crippen molar-refractivity contribution in [1.29, 1.82) is 0 Å². The summed E-state index contributed by atoms with van der Waals surface area (Å²) in [6.07, 6.45) is 3.03. The first-order valence-corrected chi connectivity index (χ1v) is 6.06. The molecule has 0 fully saturated rings. The third kappa shape index (κ3) is 1.95. The first-order valence-electron chi connectivity index (χ1n) is 4.83. The normalized spacial score (nSPS) is 20.6. The summed E-state index contributed by atoms with van der Waals surface area (Å²) >= 11 is 1.77. The van der Waals surface area contributed by atoms with Crippen LogP contribution in [-0.2, 0) is 13.0 Å². The minimum Gasteiger partial charge on any atom is -0.395 e. The molecule has 0 aromatic heterocycles. The van der Waals surface area contributed by atoms with E-state index in [-0.39, 0.29) is 12.6 Å². The number of rotatable bonds is 2. The van der Waals surface area contributed by atoms with Gasteiger partial charge in [-0.3, -0.25) is 0 Å². The van der Waals surface area contributed by atoms with E-state index in [0.29, 0.717) is 0 Å². The minimum absolute atomic E-state index is 0.225. The molecule has 76 valence electrons. The Hall–Kier alpha value is -0.510. The Kier molecular flexibility index (Phi) is 3.11. The molecule has 0 radical (unpaired) electrons. The van der Waals surface area contributed by atoms with Crippen molar-refractivity contribution >= 4 is 11.8 Å². The Morgan fingerprint density at radius 3 is 3.07 bits per heavy atom. The maximum absolute atomic E-state index is 9.08. The van der Waals surface area contributed by atoms with Crippen LogP contribution in [0.3, 0.4) is 0 Å². The van der Waals surface area contributed by atoms with Gasteiger partial charge in [0.15, 0.2) is 0 Å². The number of benzene rings is 1. The molecule has 1 aliphatic rings. The van der Waals surface area contributed by atoms with Crippen molar-refractivity contribution < 1.29 is 5.11 Å². The fourth-order valence-electron chi connectivity index (χ4n) is 1.81. The maximum Gasteiger partial charge on any atom is 0.0587 e. The van der Waals surface area contributed by atoms with E-state index in [1.54, 1.807) is 11.8 Å². The van der Waals surface area contributed by atoms with Gasteiger partial charge < -0.3 is 10.4 Å². The Morgan fingerprint density at radius 2 is 2.36 bits per heavy atom. The Balaban J connectivity index is 2.25. The Bertz CT molecular complexity index is 327. The molecule has 0 amide bonds. The molecule has 1 heterocycles. The molecule has 14 heavy (non-hydrogen) atoms. The zero-order valence-electron chi connectivity index (χ0n) is 8.29. The molecule has 0 bridgehead atoms.